The number of aryl methyl sites for hydroxylation is 1. The molecule has 0 spiro atoms. The van der Waals surface area contributed by atoms with Crippen molar-refractivity contribution in [3.8, 4) is 5.69 Å². The van der Waals surface area contributed by atoms with Crippen molar-refractivity contribution in [2.75, 3.05) is 0 Å². The molecule has 3 nitrogen and oxygen atoms in total. The molecule has 1 unspecified atom stereocenters. The van der Waals surface area contributed by atoms with Crippen LogP contribution >= 0.6 is 9.39 Å². The Morgan fingerprint density at radius 2 is 1.79 bits per heavy atom. The number of rotatable bonds is 1. The maximum atomic E-state index is 11.6. The van der Waals surface area contributed by atoms with Crippen LogP contribution in [0.2, 0.25) is 0 Å². The first-order valence-corrected chi connectivity index (χ1v) is 4.82. The summed E-state index contributed by atoms with van der Waals surface area (Å²) in [6, 6.07) is 7.84. The molecular formula is C10H11N2OP. The van der Waals surface area contributed by atoms with E-state index in [2.05, 4.69) is 9.39 Å². The van der Waals surface area contributed by atoms with Crippen LogP contribution in [0.15, 0.2) is 41.5 Å². The lowest BCUT2D eigenvalue weighted by molar-refractivity contribution is 0.966. The fraction of sp³-hybridized carbons (Fsp3) is 0.100. The van der Waals surface area contributed by atoms with Crippen LogP contribution in [0.4, 0.5) is 0 Å². The molecule has 0 bridgehead atoms. The predicted molar refractivity (Wildman–Crippen MR) is 59.9 cm³/mol. The van der Waals surface area contributed by atoms with E-state index in [9.17, 15) is 4.79 Å². The Morgan fingerprint density at radius 1 is 1.14 bits per heavy atom. The zero-order valence-corrected chi connectivity index (χ0v) is 9.00. The van der Waals surface area contributed by atoms with Crippen molar-refractivity contribution in [2.45, 2.75) is 6.92 Å². The number of hydrogen-bond donors (Lipinski definition) is 0. The van der Waals surface area contributed by atoms with Crippen LogP contribution in [-0.2, 0) is 0 Å². The summed E-state index contributed by atoms with van der Waals surface area (Å²) >= 11 is 0. The Morgan fingerprint density at radius 3 is 2.29 bits per heavy atom. The van der Waals surface area contributed by atoms with E-state index in [1.165, 1.54) is 9.90 Å². The van der Waals surface area contributed by atoms with Crippen molar-refractivity contribution in [3.63, 3.8) is 0 Å². The highest BCUT2D eigenvalue weighted by Gasteiger charge is 2.01. The lowest BCUT2D eigenvalue weighted by Crippen LogP contribution is -2.17. The second-order valence-electron chi connectivity index (χ2n) is 3.19. The van der Waals surface area contributed by atoms with E-state index in [1.807, 2.05) is 31.2 Å². The summed E-state index contributed by atoms with van der Waals surface area (Å²) in [6.45, 7) is 2.02. The highest BCUT2D eigenvalue weighted by molar-refractivity contribution is 7.14. The van der Waals surface area contributed by atoms with E-state index < -0.39 is 0 Å². The summed E-state index contributed by atoms with van der Waals surface area (Å²) in [6.07, 6.45) is 3.47. The van der Waals surface area contributed by atoms with E-state index >= 15 is 0 Å². The maximum absolute atomic E-state index is 11.6. The van der Waals surface area contributed by atoms with Crippen molar-refractivity contribution < 1.29 is 0 Å². The number of imidazole rings is 1. The lowest BCUT2D eigenvalue weighted by Gasteiger charge is -2.00. The van der Waals surface area contributed by atoms with Gasteiger partial charge in [0.05, 0.1) is 5.69 Å². The van der Waals surface area contributed by atoms with E-state index in [4.69, 9.17) is 0 Å². The molecule has 72 valence electrons. The zero-order valence-electron chi connectivity index (χ0n) is 7.84. The van der Waals surface area contributed by atoms with Gasteiger partial charge in [-0.2, -0.15) is 0 Å². The summed E-state index contributed by atoms with van der Waals surface area (Å²) < 4.78 is 3.08. The van der Waals surface area contributed by atoms with Crippen molar-refractivity contribution in [1.82, 2.24) is 8.90 Å². The molecule has 0 N–H and O–H groups in total. The third-order valence-electron chi connectivity index (χ3n) is 2.12. The van der Waals surface area contributed by atoms with E-state index in [1.54, 1.807) is 17.0 Å². The minimum Gasteiger partial charge on any atom is -0.284 e. The Labute approximate surface area is 84.2 Å². The first-order chi connectivity index (χ1) is 6.68. The monoisotopic (exact) mass is 206 g/mol. The molecule has 0 aliphatic heterocycles. The van der Waals surface area contributed by atoms with Gasteiger partial charge in [-0.1, -0.05) is 17.7 Å². The summed E-state index contributed by atoms with van der Waals surface area (Å²) in [5.74, 6) is 0. The summed E-state index contributed by atoms with van der Waals surface area (Å²) in [5.41, 5.74) is 2.02. The Balaban J connectivity index is 2.55. The quantitative estimate of drug-likeness (QED) is 0.651. The molecule has 1 aromatic heterocycles. The van der Waals surface area contributed by atoms with Crippen LogP contribution in [-0.4, -0.2) is 8.90 Å². The topological polar surface area (TPSA) is 26.9 Å². The van der Waals surface area contributed by atoms with Crippen LogP contribution in [0.5, 0.6) is 0 Å². The third kappa shape index (κ3) is 1.51. The van der Waals surface area contributed by atoms with Gasteiger partial charge in [-0.25, -0.2) is 4.79 Å². The first kappa shape index (κ1) is 9.22. The predicted octanol–water partition coefficient (Wildman–Crippen LogP) is 1.59. The van der Waals surface area contributed by atoms with Crippen molar-refractivity contribution in [2.24, 2.45) is 0 Å². The second kappa shape index (κ2) is 3.43. The molecule has 0 aliphatic rings. The Hall–Kier alpha value is -1.34. The first-order valence-electron chi connectivity index (χ1n) is 4.30. The third-order valence-corrected chi connectivity index (χ3v) is 2.51. The number of aromatic nitrogens is 2. The number of hydrogen-bond acceptors (Lipinski definition) is 1. The normalized spacial score (nSPS) is 10.4. The molecule has 2 aromatic rings. The van der Waals surface area contributed by atoms with Gasteiger partial charge < -0.3 is 0 Å². The van der Waals surface area contributed by atoms with Crippen molar-refractivity contribution >= 4 is 9.39 Å². The molecule has 1 aromatic carbocycles. The zero-order chi connectivity index (χ0) is 10.1. The van der Waals surface area contributed by atoms with E-state index in [0.29, 0.717) is 0 Å². The smallest absolute Gasteiger partial charge is 0.284 e. The highest BCUT2D eigenvalue weighted by Crippen LogP contribution is 2.07. The van der Waals surface area contributed by atoms with Gasteiger partial charge >= 0.3 is 5.69 Å². The molecule has 14 heavy (non-hydrogen) atoms. The second-order valence-corrected chi connectivity index (χ2v) is 3.75. The molecule has 0 saturated heterocycles. The van der Waals surface area contributed by atoms with Crippen LogP contribution < -0.4 is 5.69 Å². The summed E-state index contributed by atoms with van der Waals surface area (Å²) in [5, 5.41) is 0. The fourth-order valence-corrected chi connectivity index (χ4v) is 1.49. The molecule has 1 atom stereocenters. The standard InChI is InChI=1S/C10H11N2OP/c1-8-2-4-9(5-3-8)11-6-7-12(14)10(11)13/h2-7H,14H2,1H3. The molecular weight excluding hydrogens is 195 g/mol. The molecule has 4 heteroatoms. The summed E-state index contributed by atoms with van der Waals surface area (Å²) in [4.78, 5) is 11.6. The molecule has 1 heterocycles. The van der Waals surface area contributed by atoms with Crippen LogP contribution in [0.3, 0.4) is 0 Å². The average molecular weight is 206 g/mol. The van der Waals surface area contributed by atoms with Gasteiger partial charge in [0, 0.05) is 12.4 Å². The number of benzene rings is 1. The lowest BCUT2D eigenvalue weighted by atomic mass is 10.2. The Kier molecular flexibility index (Phi) is 2.26. The average Bonchev–Trinajstić information content (AvgIpc) is 2.50. The molecule has 0 radical (unpaired) electrons. The molecule has 0 aliphatic carbocycles. The molecule has 2 rings (SSSR count). The van der Waals surface area contributed by atoms with Crippen LogP contribution in [0.25, 0.3) is 5.69 Å². The van der Waals surface area contributed by atoms with Gasteiger partial charge in [-0.15, -0.1) is 0 Å². The van der Waals surface area contributed by atoms with Gasteiger partial charge in [0.25, 0.3) is 0 Å². The minimum atomic E-state index is -0.0566. The minimum absolute atomic E-state index is 0.0566. The van der Waals surface area contributed by atoms with Crippen molar-refractivity contribution in [1.29, 1.82) is 0 Å². The van der Waals surface area contributed by atoms with Crippen molar-refractivity contribution in [3.05, 3.63) is 52.7 Å². The molecule has 0 fully saturated rings. The number of nitrogens with zero attached hydrogens (tertiary/aromatic N) is 2. The van der Waals surface area contributed by atoms with E-state index in [0.717, 1.165) is 5.69 Å². The van der Waals surface area contributed by atoms with Crippen LogP contribution in [0.1, 0.15) is 5.56 Å². The van der Waals surface area contributed by atoms with Gasteiger partial charge in [0.1, 0.15) is 0 Å². The van der Waals surface area contributed by atoms with Gasteiger partial charge in [0.2, 0.25) is 0 Å². The van der Waals surface area contributed by atoms with Gasteiger partial charge in [0.15, 0.2) is 0 Å². The van der Waals surface area contributed by atoms with E-state index in [-0.39, 0.29) is 5.69 Å². The van der Waals surface area contributed by atoms with Crippen LogP contribution in [0, 0.1) is 6.92 Å². The highest BCUT2D eigenvalue weighted by atomic mass is 31.0. The SMILES string of the molecule is Cc1ccc(-n2ccn(P)c2=O)cc1. The van der Waals surface area contributed by atoms with Gasteiger partial charge in [-0.3, -0.25) is 8.90 Å². The Bertz CT molecular complexity index is 496. The largest absolute Gasteiger partial charge is 0.335 e. The molecule has 0 amide bonds. The summed E-state index contributed by atoms with van der Waals surface area (Å²) in [7, 11) is 2.35. The maximum Gasteiger partial charge on any atom is 0.335 e. The fourth-order valence-electron chi connectivity index (χ4n) is 1.29. The molecule has 0 saturated carbocycles. The van der Waals surface area contributed by atoms with Gasteiger partial charge in [-0.05, 0) is 28.4 Å².